The Morgan fingerprint density at radius 2 is 0.667 bits per heavy atom. The molecule has 0 saturated heterocycles. The van der Waals surface area contributed by atoms with E-state index < -0.39 is 0 Å². The second-order valence-electron chi connectivity index (χ2n) is 19.0. The van der Waals surface area contributed by atoms with Crippen LogP contribution in [0, 0.1) is 0 Å². The van der Waals surface area contributed by atoms with Gasteiger partial charge in [0.05, 0.1) is 11.0 Å². The third kappa shape index (κ3) is 7.50. The van der Waals surface area contributed by atoms with Crippen LogP contribution in [0.1, 0.15) is 26.3 Å². The second kappa shape index (κ2) is 17.2. The van der Waals surface area contributed by atoms with Crippen molar-refractivity contribution in [2.75, 3.05) is 9.80 Å². The molecule has 0 amide bonds. The molecule has 1 heterocycles. The Labute approximate surface area is 404 Å². The molecule has 0 bridgehead atoms. The molecular weight excluding hydrogens is 835 g/mol. The van der Waals surface area contributed by atoms with Crippen molar-refractivity contribution in [2.24, 2.45) is 0 Å². The lowest BCUT2D eigenvalue weighted by Crippen LogP contribution is -2.10. The highest BCUT2D eigenvalue weighted by Crippen LogP contribution is 2.46. The average Bonchev–Trinajstić information content (AvgIpc) is 3.72. The lowest BCUT2D eigenvalue weighted by atomic mass is 9.82. The third-order valence-corrected chi connectivity index (χ3v) is 13.7. The highest BCUT2D eigenvalue weighted by Gasteiger charge is 2.22. The highest BCUT2D eigenvalue weighted by atomic mass is 15.1. The smallest absolute Gasteiger partial charge is 0.0542 e. The predicted molar refractivity (Wildman–Crippen MR) is 295 cm³/mol. The summed E-state index contributed by atoms with van der Waals surface area (Å²) in [7, 11) is 0. The lowest BCUT2D eigenvalue weighted by molar-refractivity contribution is 0.590. The summed E-state index contributed by atoms with van der Waals surface area (Å²) < 4.78 is 2.44. The van der Waals surface area contributed by atoms with E-state index in [0.717, 1.165) is 50.8 Å². The van der Waals surface area contributed by atoms with Gasteiger partial charge < -0.3 is 14.4 Å². The van der Waals surface area contributed by atoms with Crippen molar-refractivity contribution in [2.45, 2.75) is 26.2 Å². The van der Waals surface area contributed by atoms with Crippen molar-refractivity contribution in [1.82, 2.24) is 4.57 Å². The van der Waals surface area contributed by atoms with E-state index in [1.165, 1.54) is 60.1 Å². The first-order valence-corrected chi connectivity index (χ1v) is 23.9. The van der Waals surface area contributed by atoms with E-state index in [4.69, 9.17) is 0 Å². The molecule has 11 aromatic carbocycles. The molecule has 12 rings (SSSR count). The van der Waals surface area contributed by atoms with Crippen molar-refractivity contribution >= 4 is 77.5 Å². The van der Waals surface area contributed by atoms with Gasteiger partial charge in [0.25, 0.3) is 0 Å². The molecule has 0 aliphatic rings. The Morgan fingerprint density at radius 1 is 0.290 bits per heavy atom. The third-order valence-electron chi connectivity index (χ3n) is 13.7. The zero-order chi connectivity index (χ0) is 46.5. The van der Waals surface area contributed by atoms with E-state index in [2.05, 4.69) is 290 Å². The Morgan fingerprint density at radius 3 is 1.06 bits per heavy atom. The van der Waals surface area contributed by atoms with Gasteiger partial charge in [-0.3, -0.25) is 0 Å². The molecule has 330 valence electrons. The maximum atomic E-state index is 2.44. The Balaban J connectivity index is 1.05. The molecule has 0 radical (unpaired) electrons. The van der Waals surface area contributed by atoms with Crippen molar-refractivity contribution in [3.63, 3.8) is 0 Å². The first-order valence-electron chi connectivity index (χ1n) is 23.9. The van der Waals surface area contributed by atoms with Gasteiger partial charge in [0.2, 0.25) is 0 Å². The number of nitrogens with zero attached hydrogens (tertiary/aromatic N) is 3. The van der Waals surface area contributed by atoms with Crippen LogP contribution in [0.25, 0.3) is 71.3 Å². The van der Waals surface area contributed by atoms with Gasteiger partial charge in [-0.05, 0) is 152 Å². The second-order valence-corrected chi connectivity index (χ2v) is 19.0. The van der Waals surface area contributed by atoms with Crippen molar-refractivity contribution in [3.8, 4) is 27.9 Å². The van der Waals surface area contributed by atoms with Crippen LogP contribution in [0.15, 0.2) is 255 Å². The minimum Gasteiger partial charge on any atom is -0.310 e. The largest absolute Gasteiger partial charge is 0.310 e. The Bertz CT molecular complexity index is 3520. The molecule has 0 aliphatic heterocycles. The topological polar surface area (TPSA) is 11.4 Å². The normalized spacial score (nSPS) is 11.7. The number of benzene rings is 11. The van der Waals surface area contributed by atoms with Gasteiger partial charge in [0.1, 0.15) is 0 Å². The maximum Gasteiger partial charge on any atom is 0.0542 e. The fourth-order valence-electron chi connectivity index (χ4n) is 10.4. The van der Waals surface area contributed by atoms with Crippen LogP contribution in [0.5, 0.6) is 0 Å². The summed E-state index contributed by atoms with van der Waals surface area (Å²) in [5.74, 6) is 0. The van der Waals surface area contributed by atoms with Crippen molar-refractivity contribution < 1.29 is 0 Å². The maximum absolute atomic E-state index is 2.44. The molecule has 0 fully saturated rings. The summed E-state index contributed by atoms with van der Waals surface area (Å²) in [4.78, 5) is 4.70. The van der Waals surface area contributed by atoms with Crippen LogP contribution in [-0.2, 0) is 5.41 Å². The molecule has 1 aromatic heterocycles. The zero-order valence-corrected chi connectivity index (χ0v) is 39.1. The number of hydrogen-bond acceptors (Lipinski definition) is 2. The van der Waals surface area contributed by atoms with E-state index in [9.17, 15) is 0 Å². The zero-order valence-electron chi connectivity index (χ0n) is 39.1. The molecule has 0 aliphatic carbocycles. The lowest BCUT2D eigenvalue weighted by Gasteiger charge is -2.26. The number of rotatable bonds is 9. The first-order chi connectivity index (χ1) is 33.9. The Kier molecular flexibility index (Phi) is 10.4. The monoisotopic (exact) mass is 885 g/mol. The predicted octanol–water partition coefficient (Wildman–Crippen LogP) is 18.7. The minimum atomic E-state index is 0.0413. The number of para-hydroxylation sites is 4. The highest BCUT2D eigenvalue weighted by molar-refractivity contribution is 6.21. The van der Waals surface area contributed by atoms with Crippen LogP contribution in [0.3, 0.4) is 0 Å². The standard InChI is InChI=1S/C66H51N3/c1-66(2,3)48-22-20-21-47(43-48)65-58-33-18-16-31-56(58)64(57-32-17-19-34-59(57)65)46-35-37-53(38-36-46)69-62-41-39-54(67(49-23-8-4-9-24-49)50-25-10-5-11-26-50)44-60(62)61-45-55(40-42-63(61)69)68(51-27-12-6-13-28-51)52-29-14-7-15-30-52/h4-45H,1-3H3. The van der Waals surface area contributed by atoms with E-state index in [1.807, 2.05) is 0 Å². The minimum absolute atomic E-state index is 0.0413. The summed E-state index contributed by atoms with van der Waals surface area (Å²) >= 11 is 0. The molecule has 12 aromatic rings. The fourth-order valence-corrected chi connectivity index (χ4v) is 10.4. The number of aromatic nitrogens is 1. The van der Waals surface area contributed by atoms with Crippen LogP contribution in [0.2, 0.25) is 0 Å². The average molecular weight is 886 g/mol. The molecular formula is C66H51N3. The van der Waals surface area contributed by atoms with Crippen LogP contribution in [-0.4, -0.2) is 4.57 Å². The summed E-state index contributed by atoms with van der Waals surface area (Å²) in [6.45, 7) is 6.87. The van der Waals surface area contributed by atoms with Gasteiger partial charge in [-0.25, -0.2) is 0 Å². The summed E-state index contributed by atoms with van der Waals surface area (Å²) in [5.41, 5.74) is 16.3. The number of anilines is 6. The molecule has 0 unspecified atom stereocenters. The summed E-state index contributed by atoms with van der Waals surface area (Å²) in [6, 6.07) is 92.9. The molecule has 3 nitrogen and oxygen atoms in total. The number of hydrogen-bond donors (Lipinski definition) is 0. The molecule has 0 saturated carbocycles. The van der Waals surface area contributed by atoms with Crippen LogP contribution < -0.4 is 9.80 Å². The van der Waals surface area contributed by atoms with Gasteiger partial charge in [0, 0.05) is 50.6 Å². The van der Waals surface area contributed by atoms with Crippen LogP contribution >= 0.6 is 0 Å². The van der Waals surface area contributed by atoms with Gasteiger partial charge in [-0.2, -0.15) is 0 Å². The molecule has 3 heteroatoms. The SMILES string of the molecule is CC(C)(C)c1cccc(-c2c3ccccc3c(-c3ccc(-n4c5ccc(N(c6ccccc6)c6ccccc6)cc5c5cc(N(c6ccccc6)c6ccccc6)ccc54)cc3)c3ccccc23)c1. The quantitative estimate of drug-likeness (QED) is 0.134. The van der Waals surface area contributed by atoms with E-state index in [0.29, 0.717) is 0 Å². The fraction of sp³-hybridized carbons (Fsp3) is 0.0606. The van der Waals surface area contributed by atoms with Crippen molar-refractivity contribution in [3.05, 3.63) is 260 Å². The molecule has 0 spiro atoms. The van der Waals surface area contributed by atoms with E-state index >= 15 is 0 Å². The van der Waals surface area contributed by atoms with E-state index in [-0.39, 0.29) is 5.41 Å². The van der Waals surface area contributed by atoms with Gasteiger partial charge in [0.15, 0.2) is 0 Å². The molecule has 0 atom stereocenters. The van der Waals surface area contributed by atoms with Gasteiger partial charge in [-0.1, -0.05) is 178 Å². The molecule has 69 heavy (non-hydrogen) atoms. The first kappa shape index (κ1) is 41.7. The Hall–Kier alpha value is -8.66. The van der Waals surface area contributed by atoms with Gasteiger partial charge in [-0.15, -0.1) is 0 Å². The van der Waals surface area contributed by atoms with Gasteiger partial charge >= 0.3 is 0 Å². The van der Waals surface area contributed by atoms with Crippen LogP contribution in [0.4, 0.5) is 34.1 Å². The molecule has 0 N–H and O–H groups in total. The summed E-state index contributed by atoms with van der Waals surface area (Å²) in [5, 5.41) is 7.37. The van der Waals surface area contributed by atoms with Crippen molar-refractivity contribution in [1.29, 1.82) is 0 Å². The van der Waals surface area contributed by atoms with E-state index in [1.54, 1.807) is 0 Å². The summed E-state index contributed by atoms with van der Waals surface area (Å²) in [6.07, 6.45) is 0. The number of fused-ring (bicyclic) bond motifs is 5.